The summed E-state index contributed by atoms with van der Waals surface area (Å²) in [5.41, 5.74) is 1.18. The number of benzene rings is 1. The summed E-state index contributed by atoms with van der Waals surface area (Å²) >= 11 is 0. The number of aliphatic hydroxyl groups excluding tert-OH is 1. The molecule has 2 spiro atoms. The molecule has 4 aliphatic rings. The summed E-state index contributed by atoms with van der Waals surface area (Å²) in [5.74, 6) is -5.16. The van der Waals surface area contributed by atoms with Gasteiger partial charge in [0.15, 0.2) is 6.29 Å². The van der Waals surface area contributed by atoms with Crippen molar-refractivity contribution in [2.75, 3.05) is 0 Å². The van der Waals surface area contributed by atoms with Crippen molar-refractivity contribution < 1.29 is 38.4 Å². The van der Waals surface area contributed by atoms with Crippen molar-refractivity contribution in [3.63, 3.8) is 0 Å². The molecule has 0 aromatic heterocycles. The lowest BCUT2D eigenvalue weighted by molar-refractivity contribution is -0.332. The van der Waals surface area contributed by atoms with Crippen molar-refractivity contribution in [2.45, 2.75) is 82.1 Å². The minimum atomic E-state index is -1.33. The van der Waals surface area contributed by atoms with Gasteiger partial charge in [-0.15, -0.1) is 0 Å². The molecule has 2 unspecified atom stereocenters. The maximum Gasteiger partial charge on any atom is 0.348 e. The summed E-state index contributed by atoms with van der Waals surface area (Å²) in [5, 5.41) is 10.6. The topological polar surface area (TPSA) is 108 Å². The van der Waals surface area contributed by atoms with Crippen LogP contribution >= 0.6 is 0 Å². The van der Waals surface area contributed by atoms with E-state index in [0.29, 0.717) is 31.3 Å². The summed E-state index contributed by atoms with van der Waals surface area (Å²) < 4.78 is 22.6. The fourth-order valence-electron chi connectivity index (χ4n) is 5.41. The fourth-order valence-corrected chi connectivity index (χ4v) is 5.41. The summed E-state index contributed by atoms with van der Waals surface area (Å²) in [6.07, 6.45) is 12.4. The molecular formula is C29H32O8. The van der Waals surface area contributed by atoms with Gasteiger partial charge in [-0.1, -0.05) is 61.4 Å². The van der Waals surface area contributed by atoms with Gasteiger partial charge >= 0.3 is 17.9 Å². The first-order chi connectivity index (χ1) is 17.9. The van der Waals surface area contributed by atoms with Crippen molar-refractivity contribution in [1.82, 2.24) is 0 Å². The highest BCUT2D eigenvalue weighted by Gasteiger charge is 2.48. The van der Waals surface area contributed by atoms with Gasteiger partial charge in [0.2, 0.25) is 5.79 Å². The Hall–Kier alpha value is -3.23. The number of esters is 3. The van der Waals surface area contributed by atoms with Crippen LogP contribution < -0.4 is 0 Å². The maximum atomic E-state index is 12.8. The van der Waals surface area contributed by atoms with E-state index in [1.807, 2.05) is 30.3 Å². The Labute approximate surface area is 215 Å². The number of ether oxygens (including phenoxy) is 4. The molecule has 8 heteroatoms. The average molecular weight is 509 g/mol. The molecule has 2 heterocycles. The van der Waals surface area contributed by atoms with Gasteiger partial charge in [-0.05, 0) is 42.9 Å². The van der Waals surface area contributed by atoms with Crippen molar-refractivity contribution in [2.24, 2.45) is 5.92 Å². The highest BCUT2D eigenvalue weighted by Crippen LogP contribution is 2.39. The summed E-state index contributed by atoms with van der Waals surface area (Å²) in [4.78, 5) is 38.2. The largest absolute Gasteiger partial charge is 0.432 e. The highest BCUT2D eigenvalue weighted by atomic mass is 16.8. The van der Waals surface area contributed by atoms with Crippen molar-refractivity contribution in [1.29, 1.82) is 0 Å². The second kappa shape index (κ2) is 10.6. The van der Waals surface area contributed by atoms with Crippen LogP contribution in [-0.2, 0) is 33.3 Å². The molecule has 2 aliphatic heterocycles. The Bertz CT molecular complexity index is 1100. The number of aliphatic hydroxyl groups is 1. The molecular weight excluding hydrogens is 476 g/mol. The van der Waals surface area contributed by atoms with Crippen LogP contribution in [0.25, 0.3) is 5.57 Å². The van der Waals surface area contributed by atoms with Crippen LogP contribution in [-0.4, -0.2) is 40.9 Å². The van der Waals surface area contributed by atoms with Gasteiger partial charge in [0.05, 0.1) is 0 Å². The summed E-state index contributed by atoms with van der Waals surface area (Å²) in [7, 11) is 0. The minimum absolute atomic E-state index is 0.197. The molecule has 1 N–H and O–H groups in total. The summed E-state index contributed by atoms with van der Waals surface area (Å²) in [6.45, 7) is 0. The van der Waals surface area contributed by atoms with E-state index >= 15 is 0 Å². The Kier molecular flexibility index (Phi) is 7.31. The third-order valence-corrected chi connectivity index (χ3v) is 7.45. The predicted molar refractivity (Wildman–Crippen MR) is 132 cm³/mol. The zero-order chi connectivity index (χ0) is 25.9. The quantitative estimate of drug-likeness (QED) is 0.275. The lowest BCUT2D eigenvalue weighted by Gasteiger charge is -2.43. The van der Waals surface area contributed by atoms with E-state index in [1.165, 1.54) is 12.2 Å². The molecule has 8 nitrogen and oxygen atoms in total. The molecule has 1 aromatic carbocycles. The number of hydrogen-bond donors (Lipinski definition) is 1. The fraction of sp³-hybridized carbons (Fsp3) is 0.483. The Morgan fingerprint density at radius 2 is 1.41 bits per heavy atom. The van der Waals surface area contributed by atoms with Gasteiger partial charge in [-0.3, -0.25) is 4.79 Å². The second-order valence-corrected chi connectivity index (χ2v) is 10.1. The van der Waals surface area contributed by atoms with E-state index in [4.69, 9.17) is 18.9 Å². The molecule has 0 amide bonds. The molecule has 5 rings (SSSR count). The van der Waals surface area contributed by atoms with Crippen LogP contribution in [0.3, 0.4) is 0 Å². The zero-order valence-electron chi connectivity index (χ0n) is 20.7. The number of hydrogen-bond acceptors (Lipinski definition) is 8. The SMILES string of the molecule is O=C1OC2(CCCCC2)OC(=O)C1=CC=C(C=CC1C(=O)OC2(CCCCC2)OC1O)c1ccccc1. The number of rotatable bonds is 4. The third-order valence-electron chi connectivity index (χ3n) is 7.45. The standard InChI is InChI=1S/C29H32O8/c30-24-22(25(31)35-28(34-24)16-6-2-7-17-28)14-12-21(20-10-4-1-5-11-20)13-15-23-26(32)36-29(37-27(23)33)18-8-3-9-19-29/h1,4-5,10-15,22,24,30H,2-3,6-9,16-19H2. The number of carbonyl (C=O) groups excluding carboxylic acids is 3. The van der Waals surface area contributed by atoms with E-state index in [1.54, 1.807) is 12.2 Å². The lowest BCUT2D eigenvalue weighted by Crippen LogP contribution is -2.52. The van der Waals surface area contributed by atoms with Gasteiger partial charge in [0.1, 0.15) is 11.5 Å². The van der Waals surface area contributed by atoms with Crippen LogP contribution in [0.15, 0.2) is 60.2 Å². The predicted octanol–water partition coefficient (Wildman–Crippen LogP) is 4.48. The van der Waals surface area contributed by atoms with E-state index in [0.717, 1.165) is 44.1 Å². The second-order valence-electron chi connectivity index (χ2n) is 10.1. The first-order valence-corrected chi connectivity index (χ1v) is 13.1. The van der Waals surface area contributed by atoms with Crippen LogP contribution in [0.4, 0.5) is 0 Å². The average Bonchev–Trinajstić information content (AvgIpc) is 2.88. The first-order valence-electron chi connectivity index (χ1n) is 13.1. The van der Waals surface area contributed by atoms with E-state index < -0.39 is 41.7 Å². The molecule has 0 radical (unpaired) electrons. The molecule has 0 bridgehead atoms. The molecule has 4 fully saturated rings. The smallest absolute Gasteiger partial charge is 0.348 e. The Balaban J connectivity index is 1.37. The normalized spacial score (nSPS) is 27.6. The monoisotopic (exact) mass is 508 g/mol. The minimum Gasteiger partial charge on any atom is -0.432 e. The molecule has 37 heavy (non-hydrogen) atoms. The van der Waals surface area contributed by atoms with Crippen LogP contribution in [0.5, 0.6) is 0 Å². The maximum absolute atomic E-state index is 12.8. The third kappa shape index (κ3) is 5.55. The first kappa shape index (κ1) is 25.4. The highest BCUT2D eigenvalue weighted by molar-refractivity contribution is 6.15. The Morgan fingerprint density at radius 3 is 2.00 bits per heavy atom. The molecule has 2 aliphatic carbocycles. The Morgan fingerprint density at radius 1 is 0.811 bits per heavy atom. The number of allylic oxidation sites excluding steroid dienone is 4. The van der Waals surface area contributed by atoms with Crippen LogP contribution in [0, 0.1) is 5.92 Å². The molecule has 2 atom stereocenters. The van der Waals surface area contributed by atoms with Gasteiger partial charge in [-0.2, -0.15) is 0 Å². The van der Waals surface area contributed by atoms with Crippen LogP contribution in [0.1, 0.15) is 69.8 Å². The van der Waals surface area contributed by atoms with Gasteiger partial charge < -0.3 is 24.1 Å². The van der Waals surface area contributed by atoms with Crippen LogP contribution in [0.2, 0.25) is 0 Å². The van der Waals surface area contributed by atoms with E-state index in [9.17, 15) is 19.5 Å². The van der Waals surface area contributed by atoms with Crippen molar-refractivity contribution >= 4 is 23.5 Å². The molecule has 1 aromatic rings. The number of carbonyl (C=O) groups is 3. The lowest BCUT2D eigenvalue weighted by atomic mass is 9.92. The van der Waals surface area contributed by atoms with Crippen molar-refractivity contribution in [3.05, 3.63) is 65.8 Å². The summed E-state index contributed by atoms with van der Waals surface area (Å²) in [6, 6.07) is 9.26. The molecule has 196 valence electrons. The van der Waals surface area contributed by atoms with Gasteiger partial charge in [0.25, 0.3) is 5.79 Å². The zero-order valence-corrected chi connectivity index (χ0v) is 20.7. The van der Waals surface area contributed by atoms with E-state index in [-0.39, 0.29) is 5.57 Å². The van der Waals surface area contributed by atoms with Crippen molar-refractivity contribution in [3.8, 4) is 0 Å². The molecule has 2 saturated carbocycles. The van der Waals surface area contributed by atoms with Gasteiger partial charge in [-0.25, -0.2) is 9.59 Å². The van der Waals surface area contributed by atoms with E-state index in [2.05, 4.69) is 0 Å². The molecule has 2 saturated heterocycles. The van der Waals surface area contributed by atoms with Gasteiger partial charge in [0, 0.05) is 25.7 Å².